The minimum Gasteiger partial charge on any atom is -0.465 e. The van der Waals surface area contributed by atoms with Crippen LogP contribution in [0.4, 0.5) is 18.9 Å². The maximum atomic E-state index is 13.5. The van der Waals surface area contributed by atoms with Crippen LogP contribution in [0.5, 0.6) is 5.75 Å². The van der Waals surface area contributed by atoms with Crippen molar-refractivity contribution in [2.45, 2.75) is 44.2 Å². The molecule has 0 spiro atoms. The van der Waals surface area contributed by atoms with Gasteiger partial charge in [-0.1, -0.05) is 48.0 Å². The maximum absolute atomic E-state index is 13.5. The number of hydrogen-bond acceptors (Lipinski definition) is 9. The molecule has 310 valence electrons. The maximum Gasteiger partial charge on any atom is 0.416 e. The highest BCUT2D eigenvalue weighted by Gasteiger charge is 2.30. The van der Waals surface area contributed by atoms with Crippen molar-refractivity contribution < 1.29 is 54.8 Å². The van der Waals surface area contributed by atoms with Crippen LogP contribution in [0.25, 0.3) is 11.3 Å². The molecule has 5 rings (SSSR count). The zero-order valence-corrected chi connectivity index (χ0v) is 34.0. The summed E-state index contributed by atoms with van der Waals surface area (Å²) in [6.07, 6.45) is -3.73. The fraction of sp³-hybridized carbons (Fsp3) is 0.214. The van der Waals surface area contributed by atoms with Crippen LogP contribution < -0.4 is 10.1 Å². The number of pyridine rings is 1. The predicted octanol–water partition coefficient (Wildman–Crippen LogP) is 8.64. The Bertz CT molecular complexity index is 2440. The van der Waals surface area contributed by atoms with Gasteiger partial charge in [0.25, 0.3) is 21.9 Å². The Hall–Kier alpha value is -6.10. The minimum absolute atomic E-state index is 0.0249. The van der Waals surface area contributed by atoms with Gasteiger partial charge in [-0.15, -0.1) is 0 Å². The van der Waals surface area contributed by atoms with E-state index in [1.54, 1.807) is 70.4 Å². The molecule has 59 heavy (non-hydrogen) atoms. The zero-order valence-electron chi connectivity index (χ0n) is 32.4. The first-order valence-electron chi connectivity index (χ1n) is 17.6. The van der Waals surface area contributed by atoms with Gasteiger partial charge in [-0.05, 0) is 98.5 Å². The number of alkyl halides is 3. The summed E-state index contributed by atoms with van der Waals surface area (Å²) in [5.41, 5.74) is 2.17. The lowest BCUT2D eigenvalue weighted by Crippen LogP contribution is -2.24. The predicted molar refractivity (Wildman–Crippen MR) is 214 cm³/mol. The number of aryl methyl sites for hydroxylation is 3. The lowest BCUT2D eigenvalue weighted by Gasteiger charge is -2.17. The number of benzene rings is 4. The number of aromatic nitrogens is 1. The highest BCUT2D eigenvalue weighted by atomic mass is 35.5. The molecule has 0 aliphatic heterocycles. The molecule has 2 N–H and O–H groups in total. The van der Waals surface area contributed by atoms with Crippen molar-refractivity contribution in [3.8, 4) is 17.0 Å². The molecule has 0 saturated heterocycles. The summed E-state index contributed by atoms with van der Waals surface area (Å²) in [6.45, 7) is 3.34. The number of amides is 2. The largest absolute Gasteiger partial charge is 0.465 e. The van der Waals surface area contributed by atoms with Gasteiger partial charge in [-0.2, -0.15) is 21.6 Å². The Morgan fingerprint density at radius 3 is 2.10 bits per heavy atom. The van der Waals surface area contributed by atoms with Crippen LogP contribution in [-0.2, 0) is 32.2 Å². The number of carbonyl (C=O) groups is 4. The SMILES string of the molecule is COC(=O)c1cc(C)c(OC(=O)CCCc2ccc(NC(=O)c3ccc(C)nc3-c3ccc(C(F)(F)F)cc3)c(C(=O)N(C)C)c2)c(Cl)c1.O=S(=O)(O)c1ccccc1. The normalized spacial score (nSPS) is 11.2. The Labute approximate surface area is 343 Å². The topological polar surface area (TPSA) is 169 Å². The average molecular weight is 854 g/mol. The van der Waals surface area contributed by atoms with Gasteiger partial charge in [0.15, 0.2) is 5.75 Å². The highest BCUT2D eigenvalue weighted by Crippen LogP contribution is 2.33. The number of nitrogens with zero attached hydrogens (tertiary/aromatic N) is 2. The summed E-state index contributed by atoms with van der Waals surface area (Å²) in [5, 5.41) is 2.85. The van der Waals surface area contributed by atoms with E-state index in [1.807, 2.05) is 0 Å². The molecule has 0 aliphatic rings. The molecular formula is C42H39ClF3N3O9S. The summed E-state index contributed by atoms with van der Waals surface area (Å²) in [7, 11) is 0.370. The number of methoxy groups -OCH3 is 1. The second-order valence-electron chi connectivity index (χ2n) is 13.2. The van der Waals surface area contributed by atoms with Crippen molar-refractivity contribution in [1.82, 2.24) is 9.88 Å². The molecule has 1 aromatic heterocycles. The number of anilines is 1. The van der Waals surface area contributed by atoms with E-state index in [0.717, 1.165) is 17.7 Å². The van der Waals surface area contributed by atoms with E-state index in [-0.39, 0.29) is 56.1 Å². The molecule has 0 fully saturated rings. The molecular weight excluding hydrogens is 815 g/mol. The fourth-order valence-corrected chi connectivity index (χ4v) is 6.34. The van der Waals surface area contributed by atoms with E-state index in [2.05, 4.69) is 10.3 Å². The van der Waals surface area contributed by atoms with Crippen molar-refractivity contribution >= 4 is 51.2 Å². The summed E-state index contributed by atoms with van der Waals surface area (Å²) < 4.78 is 78.8. The van der Waals surface area contributed by atoms with Crippen LogP contribution in [-0.4, -0.2) is 67.8 Å². The lowest BCUT2D eigenvalue weighted by atomic mass is 10.0. The van der Waals surface area contributed by atoms with E-state index in [4.69, 9.17) is 25.6 Å². The zero-order chi connectivity index (χ0) is 43.7. The molecule has 0 atom stereocenters. The molecule has 0 bridgehead atoms. The number of esters is 2. The Morgan fingerprint density at radius 1 is 0.881 bits per heavy atom. The van der Waals surface area contributed by atoms with Gasteiger partial charge in [0.05, 0.1) is 50.7 Å². The first-order valence-corrected chi connectivity index (χ1v) is 19.4. The minimum atomic E-state index is -4.52. The van der Waals surface area contributed by atoms with E-state index >= 15 is 0 Å². The number of carbonyl (C=O) groups excluding carboxylic acids is 4. The van der Waals surface area contributed by atoms with Crippen LogP contribution in [0.2, 0.25) is 5.02 Å². The Morgan fingerprint density at radius 2 is 1.54 bits per heavy atom. The molecule has 4 aromatic carbocycles. The van der Waals surface area contributed by atoms with Gasteiger partial charge >= 0.3 is 18.1 Å². The molecule has 1 heterocycles. The summed E-state index contributed by atoms with van der Waals surface area (Å²) in [4.78, 5) is 56.9. The second kappa shape index (κ2) is 19.6. The lowest BCUT2D eigenvalue weighted by molar-refractivity contribution is -0.137. The quantitative estimate of drug-likeness (QED) is 0.0745. The second-order valence-corrected chi connectivity index (χ2v) is 15.0. The molecule has 17 heteroatoms. The van der Waals surface area contributed by atoms with E-state index in [9.17, 15) is 40.8 Å². The van der Waals surface area contributed by atoms with Crippen LogP contribution >= 0.6 is 11.6 Å². The summed E-state index contributed by atoms with van der Waals surface area (Å²) in [5.74, 6) is -1.97. The molecule has 0 unspecified atom stereocenters. The number of halogens is 4. The van der Waals surface area contributed by atoms with E-state index in [1.165, 1.54) is 54.5 Å². The van der Waals surface area contributed by atoms with Crippen molar-refractivity contribution in [2.75, 3.05) is 26.5 Å². The number of ether oxygens (including phenoxy) is 2. The molecule has 0 saturated carbocycles. The average Bonchev–Trinajstić information content (AvgIpc) is 3.19. The number of hydrogen-bond donors (Lipinski definition) is 2. The van der Waals surface area contributed by atoms with Crippen molar-refractivity contribution in [2.24, 2.45) is 0 Å². The number of rotatable bonds is 11. The third-order valence-corrected chi connectivity index (χ3v) is 9.64. The first kappa shape index (κ1) is 45.6. The molecule has 5 aromatic rings. The van der Waals surface area contributed by atoms with Crippen molar-refractivity contribution in [1.29, 1.82) is 0 Å². The van der Waals surface area contributed by atoms with Crippen LogP contribution in [0.1, 0.15) is 66.3 Å². The van der Waals surface area contributed by atoms with Gasteiger partial charge < -0.3 is 19.7 Å². The molecule has 2 amide bonds. The standard InChI is InChI=1S/C36H33ClF3N3O6.C6H6O3S/c1-20-17-24(35(47)48-5)19-28(37)32(20)49-30(44)8-6-7-22-10-16-29(27(18-22)34(46)43(3)4)42-33(45)26-15-9-21(2)41-31(26)23-11-13-25(14-12-23)36(38,39)40;7-10(8,9)6-4-2-1-3-5-6/h9-19H,6-8H2,1-5H3,(H,42,45);1-5H,(H,7,8,9). The molecule has 0 aliphatic carbocycles. The Balaban J connectivity index is 0.000000670. The van der Waals surface area contributed by atoms with E-state index in [0.29, 0.717) is 29.7 Å². The van der Waals surface area contributed by atoms with Gasteiger partial charge in [0, 0.05) is 31.8 Å². The van der Waals surface area contributed by atoms with E-state index < -0.39 is 39.7 Å². The monoisotopic (exact) mass is 853 g/mol. The Kier molecular flexibility index (Phi) is 15.1. The summed E-state index contributed by atoms with van der Waals surface area (Å²) >= 11 is 6.25. The van der Waals surface area contributed by atoms with Crippen LogP contribution in [0, 0.1) is 13.8 Å². The third-order valence-electron chi connectivity index (χ3n) is 8.49. The van der Waals surface area contributed by atoms with Gasteiger partial charge in [0.2, 0.25) is 0 Å². The van der Waals surface area contributed by atoms with Crippen molar-refractivity contribution in [3.63, 3.8) is 0 Å². The molecule has 0 radical (unpaired) electrons. The molecule has 12 nitrogen and oxygen atoms in total. The fourth-order valence-electron chi connectivity index (χ4n) is 5.53. The first-order chi connectivity index (χ1) is 27.7. The smallest absolute Gasteiger partial charge is 0.416 e. The summed E-state index contributed by atoms with van der Waals surface area (Å²) in [6, 6.07) is 22.7. The van der Waals surface area contributed by atoms with Crippen molar-refractivity contribution in [3.05, 3.63) is 141 Å². The van der Waals surface area contributed by atoms with Gasteiger partial charge in [-0.3, -0.25) is 23.9 Å². The van der Waals surface area contributed by atoms with Crippen LogP contribution in [0.15, 0.2) is 102 Å². The third kappa shape index (κ3) is 12.4. The van der Waals surface area contributed by atoms with Gasteiger partial charge in [0.1, 0.15) is 0 Å². The van der Waals surface area contributed by atoms with Gasteiger partial charge in [-0.25, -0.2) is 4.79 Å². The highest BCUT2D eigenvalue weighted by molar-refractivity contribution is 7.85. The number of nitrogens with one attached hydrogen (secondary N) is 1. The van der Waals surface area contributed by atoms with Crippen LogP contribution in [0.3, 0.4) is 0 Å².